The highest BCUT2D eigenvalue weighted by Crippen LogP contribution is 2.22. The minimum atomic E-state index is -4.23. The molecule has 82 valence electrons. The van der Waals surface area contributed by atoms with Crippen LogP contribution in [-0.2, 0) is 4.74 Å². The van der Waals surface area contributed by atoms with Gasteiger partial charge in [-0.2, -0.15) is 13.2 Å². The van der Waals surface area contributed by atoms with Crippen molar-refractivity contribution in [3.63, 3.8) is 0 Å². The molecular formula is C9H19F3O. The van der Waals surface area contributed by atoms with Crippen molar-refractivity contribution in [2.24, 2.45) is 5.92 Å². The van der Waals surface area contributed by atoms with E-state index in [4.69, 9.17) is 0 Å². The lowest BCUT2D eigenvalue weighted by molar-refractivity contribution is -0.216. The molecule has 0 saturated carbocycles. The molecule has 0 saturated heterocycles. The van der Waals surface area contributed by atoms with Gasteiger partial charge >= 0.3 is 6.18 Å². The molecule has 4 heteroatoms. The fourth-order valence-electron chi connectivity index (χ4n) is 0.431. The maximum Gasteiger partial charge on any atom is 0.414 e. The molecule has 0 radical (unpaired) electrons. The molecule has 0 bridgehead atoms. The van der Waals surface area contributed by atoms with E-state index in [-0.39, 0.29) is 12.5 Å². The Balaban J connectivity index is 0. The van der Waals surface area contributed by atoms with Crippen LogP contribution in [0.15, 0.2) is 0 Å². The van der Waals surface area contributed by atoms with Gasteiger partial charge in [-0.25, -0.2) is 0 Å². The Kier molecular flexibility index (Phi) is 8.42. The second kappa shape index (κ2) is 7.18. The maximum absolute atomic E-state index is 11.8. The van der Waals surface area contributed by atoms with Crippen molar-refractivity contribution >= 4 is 0 Å². The molecule has 0 N–H and O–H groups in total. The number of hydrogen-bond acceptors (Lipinski definition) is 1. The van der Waals surface area contributed by atoms with Crippen molar-refractivity contribution in [1.82, 2.24) is 0 Å². The largest absolute Gasteiger partial charge is 0.414 e. The molecule has 0 unspecified atom stereocenters. The van der Waals surface area contributed by atoms with Crippen LogP contribution < -0.4 is 0 Å². The van der Waals surface area contributed by atoms with Crippen LogP contribution in [-0.4, -0.2) is 18.9 Å². The quantitative estimate of drug-likeness (QED) is 0.675. The molecule has 0 amide bonds. The highest BCUT2D eigenvalue weighted by Gasteiger charge is 2.36. The molecule has 1 nitrogen and oxygen atoms in total. The standard InChI is InChI=1S/C7H13F3O.C2H6/c1-5(2)4-11-6(3)7(8,9)10;1-2/h5-6H,4H2,1-3H3;1-2H3/t6-;/m0./s1. The smallest absolute Gasteiger partial charge is 0.369 e. The zero-order valence-electron chi connectivity index (χ0n) is 8.90. The van der Waals surface area contributed by atoms with E-state index < -0.39 is 12.3 Å². The van der Waals surface area contributed by atoms with Crippen molar-refractivity contribution in [2.45, 2.75) is 46.9 Å². The molecule has 0 fully saturated rings. The second-order valence-corrected chi connectivity index (χ2v) is 2.91. The van der Waals surface area contributed by atoms with Gasteiger partial charge in [0.1, 0.15) is 0 Å². The van der Waals surface area contributed by atoms with Gasteiger partial charge in [-0.3, -0.25) is 0 Å². The second-order valence-electron chi connectivity index (χ2n) is 2.91. The third kappa shape index (κ3) is 9.67. The lowest BCUT2D eigenvalue weighted by Gasteiger charge is -2.17. The third-order valence-electron chi connectivity index (χ3n) is 1.14. The van der Waals surface area contributed by atoms with E-state index in [1.54, 1.807) is 0 Å². The maximum atomic E-state index is 11.8. The van der Waals surface area contributed by atoms with Crippen LogP contribution in [0.2, 0.25) is 0 Å². The van der Waals surface area contributed by atoms with Gasteiger partial charge in [0.05, 0.1) is 0 Å². The summed E-state index contributed by atoms with van der Waals surface area (Å²) in [6, 6.07) is 0. The minimum absolute atomic E-state index is 0.139. The predicted octanol–water partition coefficient (Wildman–Crippen LogP) is 3.64. The van der Waals surface area contributed by atoms with Gasteiger partial charge in [-0.1, -0.05) is 27.7 Å². The van der Waals surface area contributed by atoms with E-state index >= 15 is 0 Å². The molecule has 0 aromatic heterocycles. The zero-order valence-corrected chi connectivity index (χ0v) is 8.90. The van der Waals surface area contributed by atoms with E-state index in [1.807, 2.05) is 27.7 Å². The van der Waals surface area contributed by atoms with Gasteiger partial charge in [0, 0.05) is 6.61 Å². The zero-order chi connectivity index (χ0) is 11.1. The van der Waals surface area contributed by atoms with Gasteiger partial charge in [-0.05, 0) is 12.8 Å². The number of hydrogen-bond donors (Lipinski definition) is 0. The predicted molar refractivity (Wildman–Crippen MR) is 47.7 cm³/mol. The van der Waals surface area contributed by atoms with Crippen LogP contribution in [0.4, 0.5) is 13.2 Å². The Hall–Kier alpha value is -0.250. The summed E-state index contributed by atoms with van der Waals surface area (Å²) in [5.41, 5.74) is 0. The number of ether oxygens (including phenoxy) is 1. The van der Waals surface area contributed by atoms with Crippen molar-refractivity contribution in [2.75, 3.05) is 6.61 Å². The summed E-state index contributed by atoms with van der Waals surface area (Å²) in [6.45, 7) is 8.79. The average molecular weight is 200 g/mol. The Morgan fingerprint density at radius 1 is 1.08 bits per heavy atom. The first-order chi connectivity index (χ1) is 5.84. The molecule has 0 aromatic carbocycles. The van der Waals surface area contributed by atoms with Crippen LogP contribution in [0, 0.1) is 5.92 Å². The van der Waals surface area contributed by atoms with E-state index in [9.17, 15) is 13.2 Å². The van der Waals surface area contributed by atoms with Gasteiger partial charge in [0.2, 0.25) is 0 Å². The van der Waals surface area contributed by atoms with Crippen molar-refractivity contribution in [1.29, 1.82) is 0 Å². The molecule has 0 rings (SSSR count). The first-order valence-electron chi connectivity index (χ1n) is 4.52. The topological polar surface area (TPSA) is 9.23 Å². The van der Waals surface area contributed by atoms with E-state index in [0.717, 1.165) is 6.92 Å². The van der Waals surface area contributed by atoms with Crippen LogP contribution in [0.1, 0.15) is 34.6 Å². The van der Waals surface area contributed by atoms with Crippen LogP contribution in [0.5, 0.6) is 0 Å². The van der Waals surface area contributed by atoms with Gasteiger partial charge in [0.25, 0.3) is 0 Å². The average Bonchev–Trinajstić information content (AvgIpc) is 2.02. The molecule has 0 heterocycles. The molecule has 0 aliphatic rings. The van der Waals surface area contributed by atoms with E-state index in [1.165, 1.54) is 0 Å². The third-order valence-corrected chi connectivity index (χ3v) is 1.14. The van der Waals surface area contributed by atoms with Crippen molar-refractivity contribution in [3.05, 3.63) is 0 Å². The van der Waals surface area contributed by atoms with Crippen LogP contribution >= 0.6 is 0 Å². The fourth-order valence-corrected chi connectivity index (χ4v) is 0.431. The number of halogens is 3. The summed E-state index contributed by atoms with van der Waals surface area (Å²) >= 11 is 0. The monoisotopic (exact) mass is 200 g/mol. The van der Waals surface area contributed by atoms with Gasteiger partial charge in [-0.15, -0.1) is 0 Å². The molecule has 13 heavy (non-hydrogen) atoms. The Morgan fingerprint density at radius 3 is 1.69 bits per heavy atom. The Bertz CT molecular complexity index is 110. The Morgan fingerprint density at radius 2 is 1.46 bits per heavy atom. The van der Waals surface area contributed by atoms with Gasteiger partial charge in [0.15, 0.2) is 6.10 Å². The number of rotatable bonds is 3. The lowest BCUT2D eigenvalue weighted by atomic mass is 10.2. The van der Waals surface area contributed by atoms with Crippen molar-refractivity contribution in [3.8, 4) is 0 Å². The SMILES string of the molecule is CC.CC(C)CO[C@@H](C)C(F)(F)F. The molecule has 0 aromatic rings. The summed E-state index contributed by atoms with van der Waals surface area (Å²) in [5, 5.41) is 0. The Labute approximate surface area is 78.3 Å². The summed E-state index contributed by atoms with van der Waals surface area (Å²) < 4.78 is 39.9. The van der Waals surface area contributed by atoms with E-state index in [2.05, 4.69) is 4.74 Å². The first kappa shape index (κ1) is 15.2. The normalized spacial score (nSPS) is 13.6. The summed E-state index contributed by atoms with van der Waals surface area (Å²) in [4.78, 5) is 0. The summed E-state index contributed by atoms with van der Waals surface area (Å²) in [7, 11) is 0. The molecular weight excluding hydrogens is 181 g/mol. The molecule has 0 aliphatic carbocycles. The van der Waals surface area contributed by atoms with Crippen molar-refractivity contribution < 1.29 is 17.9 Å². The van der Waals surface area contributed by atoms with E-state index in [0.29, 0.717) is 0 Å². The van der Waals surface area contributed by atoms with Gasteiger partial charge < -0.3 is 4.74 Å². The summed E-state index contributed by atoms with van der Waals surface area (Å²) in [6.07, 6.45) is -5.88. The minimum Gasteiger partial charge on any atom is -0.369 e. The first-order valence-corrected chi connectivity index (χ1v) is 4.52. The molecule has 1 atom stereocenters. The summed E-state index contributed by atoms with van der Waals surface area (Å²) in [5.74, 6) is 0.139. The highest BCUT2D eigenvalue weighted by atomic mass is 19.4. The molecule has 0 spiro atoms. The van der Waals surface area contributed by atoms with Crippen LogP contribution in [0.3, 0.4) is 0 Å². The lowest BCUT2D eigenvalue weighted by Crippen LogP contribution is -2.29. The molecule has 0 aliphatic heterocycles. The number of alkyl halides is 3. The fraction of sp³-hybridized carbons (Fsp3) is 1.00. The highest BCUT2D eigenvalue weighted by molar-refractivity contribution is 4.60. The van der Waals surface area contributed by atoms with Crippen LogP contribution in [0.25, 0.3) is 0 Å².